The molecule has 0 aliphatic heterocycles. The molecule has 112 valence electrons. The summed E-state index contributed by atoms with van der Waals surface area (Å²) in [6.07, 6.45) is 0.229. The van der Waals surface area contributed by atoms with Crippen LogP contribution in [0.1, 0.15) is 17.6 Å². The van der Waals surface area contributed by atoms with E-state index in [0.717, 1.165) is 6.07 Å². The Kier molecular flexibility index (Phi) is 3.51. The molecule has 0 amide bonds. The molecule has 0 radical (unpaired) electrons. The van der Waals surface area contributed by atoms with Crippen LogP contribution in [-0.2, 0) is 0 Å². The van der Waals surface area contributed by atoms with E-state index in [9.17, 15) is 14.0 Å². The topological polar surface area (TPSA) is 88.9 Å². The summed E-state index contributed by atoms with van der Waals surface area (Å²) in [5.41, 5.74) is 1.08. The van der Waals surface area contributed by atoms with E-state index in [0.29, 0.717) is 21.8 Å². The maximum atomic E-state index is 12.7. The smallest absolute Gasteiger partial charge is 0.263 e. The first kappa shape index (κ1) is 14.1. The van der Waals surface area contributed by atoms with Crippen molar-refractivity contribution in [2.45, 2.75) is 6.43 Å². The summed E-state index contributed by atoms with van der Waals surface area (Å²) in [6.45, 7) is 0. The maximum Gasteiger partial charge on any atom is 0.263 e. The third-order valence-corrected chi connectivity index (χ3v) is 3.16. The number of aromatic nitrogens is 3. The standard InChI is InChI=1S/C14H11F2N5O/c15-12(16)8-2-1-3-9(6-8)21(22)13(17)10-4-5-18-14-11(10)19-7-20-14/h1-7,12,17,22H,(H,18,19,20). The lowest BCUT2D eigenvalue weighted by atomic mass is 10.1. The molecular formula is C14H11F2N5O. The summed E-state index contributed by atoms with van der Waals surface area (Å²) < 4.78 is 25.5. The number of halogens is 2. The zero-order chi connectivity index (χ0) is 15.7. The van der Waals surface area contributed by atoms with Crippen LogP contribution in [0.5, 0.6) is 0 Å². The normalized spacial score (nSPS) is 11.1. The number of nitrogens with zero attached hydrogens (tertiary/aromatic N) is 3. The molecule has 3 N–H and O–H groups in total. The number of imidazole rings is 1. The minimum absolute atomic E-state index is 0.0762. The molecule has 3 rings (SSSR count). The number of fused-ring (bicyclic) bond motifs is 1. The second-order valence-corrected chi connectivity index (χ2v) is 4.52. The lowest BCUT2D eigenvalue weighted by Gasteiger charge is -2.18. The highest BCUT2D eigenvalue weighted by Crippen LogP contribution is 2.25. The van der Waals surface area contributed by atoms with Crippen LogP contribution in [0.4, 0.5) is 14.5 Å². The summed E-state index contributed by atoms with van der Waals surface area (Å²) in [7, 11) is 0. The number of hydrogen-bond donors (Lipinski definition) is 3. The van der Waals surface area contributed by atoms with Gasteiger partial charge < -0.3 is 4.98 Å². The van der Waals surface area contributed by atoms with E-state index in [-0.39, 0.29) is 17.1 Å². The quantitative estimate of drug-likeness (QED) is 0.394. The molecule has 0 unspecified atom stereocenters. The number of hydroxylamine groups is 1. The molecule has 0 bridgehead atoms. The zero-order valence-electron chi connectivity index (χ0n) is 11.2. The number of anilines is 1. The molecule has 8 heteroatoms. The summed E-state index contributed by atoms with van der Waals surface area (Å²) in [5.74, 6) is -0.275. The van der Waals surface area contributed by atoms with Crippen molar-refractivity contribution in [2.75, 3.05) is 5.06 Å². The lowest BCUT2D eigenvalue weighted by Crippen LogP contribution is -2.27. The van der Waals surface area contributed by atoms with E-state index in [4.69, 9.17) is 5.41 Å². The van der Waals surface area contributed by atoms with Crippen LogP contribution in [0.25, 0.3) is 11.2 Å². The zero-order valence-corrected chi connectivity index (χ0v) is 11.2. The molecule has 0 aliphatic carbocycles. The van der Waals surface area contributed by atoms with Crippen LogP contribution in [0.15, 0.2) is 42.9 Å². The van der Waals surface area contributed by atoms with Crippen molar-refractivity contribution >= 4 is 22.7 Å². The van der Waals surface area contributed by atoms with Crippen LogP contribution < -0.4 is 5.06 Å². The van der Waals surface area contributed by atoms with Crippen molar-refractivity contribution in [1.29, 1.82) is 5.41 Å². The highest BCUT2D eigenvalue weighted by atomic mass is 19.3. The van der Waals surface area contributed by atoms with E-state index in [2.05, 4.69) is 15.0 Å². The van der Waals surface area contributed by atoms with E-state index in [1.807, 2.05) is 0 Å². The van der Waals surface area contributed by atoms with Gasteiger partial charge >= 0.3 is 0 Å². The number of rotatable bonds is 3. The molecule has 22 heavy (non-hydrogen) atoms. The number of benzene rings is 1. The Bertz CT molecular complexity index is 833. The Hall–Kier alpha value is -2.87. The van der Waals surface area contributed by atoms with Gasteiger partial charge in [0.2, 0.25) is 0 Å². The average molecular weight is 303 g/mol. The lowest BCUT2D eigenvalue weighted by molar-refractivity contribution is 0.151. The third kappa shape index (κ3) is 2.40. The first-order valence-electron chi connectivity index (χ1n) is 6.32. The molecule has 0 saturated heterocycles. The monoisotopic (exact) mass is 303 g/mol. The highest BCUT2D eigenvalue weighted by molar-refractivity contribution is 6.12. The van der Waals surface area contributed by atoms with Gasteiger partial charge in [-0.3, -0.25) is 10.6 Å². The molecule has 0 atom stereocenters. The molecule has 6 nitrogen and oxygen atoms in total. The number of pyridine rings is 1. The number of alkyl halides is 2. The molecule has 0 fully saturated rings. The predicted molar refractivity (Wildman–Crippen MR) is 76.4 cm³/mol. The van der Waals surface area contributed by atoms with E-state index < -0.39 is 6.43 Å². The fraction of sp³-hybridized carbons (Fsp3) is 0.0714. The van der Waals surface area contributed by atoms with Crippen molar-refractivity contribution in [3.63, 3.8) is 0 Å². The Morgan fingerprint density at radius 1 is 1.27 bits per heavy atom. The van der Waals surface area contributed by atoms with Gasteiger partial charge in [-0.2, -0.15) is 0 Å². The number of hydrogen-bond acceptors (Lipinski definition) is 4. The summed E-state index contributed by atoms with van der Waals surface area (Å²) >= 11 is 0. The minimum Gasteiger partial charge on any atom is -0.343 e. The van der Waals surface area contributed by atoms with E-state index in [1.54, 1.807) is 0 Å². The van der Waals surface area contributed by atoms with Gasteiger partial charge in [0, 0.05) is 17.3 Å². The van der Waals surface area contributed by atoms with Gasteiger partial charge in [0.25, 0.3) is 6.43 Å². The van der Waals surface area contributed by atoms with Crippen molar-refractivity contribution in [3.8, 4) is 0 Å². The molecule has 0 saturated carbocycles. The first-order valence-corrected chi connectivity index (χ1v) is 6.32. The van der Waals surface area contributed by atoms with E-state index >= 15 is 0 Å². The van der Waals surface area contributed by atoms with Gasteiger partial charge in [0.15, 0.2) is 11.5 Å². The van der Waals surface area contributed by atoms with Gasteiger partial charge in [-0.05, 0) is 18.2 Å². The number of H-pyrrole nitrogens is 1. The third-order valence-electron chi connectivity index (χ3n) is 3.16. The van der Waals surface area contributed by atoms with Gasteiger partial charge in [-0.25, -0.2) is 23.8 Å². The van der Waals surface area contributed by atoms with Crippen LogP contribution in [0, 0.1) is 5.41 Å². The fourth-order valence-corrected chi connectivity index (χ4v) is 2.08. The Morgan fingerprint density at radius 2 is 2.09 bits per heavy atom. The molecule has 2 aromatic heterocycles. The predicted octanol–water partition coefficient (Wildman–Crippen LogP) is 3.12. The number of amidine groups is 1. The van der Waals surface area contributed by atoms with Crippen molar-refractivity contribution in [3.05, 3.63) is 54.0 Å². The Balaban J connectivity index is 1.98. The second-order valence-electron chi connectivity index (χ2n) is 4.52. The molecule has 1 aromatic carbocycles. The van der Waals surface area contributed by atoms with Crippen LogP contribution >= 0.6 is 0 Å². The average Bonchev–Trinajstić information content (AvgIpc) is 3.02. The van der Waals surface area contributed by atoms with Crippen LogP contribution in [0.3, 0.4) is 0 Å². The molecule has 2 heterocycles. The summed E-state index contributed by atoms with van der Waals surface area (Å²) in [5, 5.41) is 18.8. The summed E-state index contributed by atoms with van der Waals surface area (Å²) in [6, 6.07) is 6.75. The largest absolute Gasteiger partial charge is 0.343 e. The Labute approximate surface area is 123 Å². The van der Waals surface area contributed by atoms with Crippen LogP contribution in [0.2, 0.25) is 0 Å². The second kappa shape index (κ2) is 5.49. The molecular weight excluding hydrogens is 292 g/mol. The number of nitrogens with one attached hydrogen (secondary N) is 2. The first-order chi connectivity index (χ1) is 10.6. The summed E-state index contributed by atoms with van der Waals surface area (Å²) in [4.78, 5) is 10.8. The molecule has 3 aromatic rings. The van der Waals surface area contributed by atoms with Gasteiger partial charge in [-0.15, -0.1) is 0 Å². The van der Waals surface area contributed by atoms with Crippen LogP contribution in [-0.4, -0.2) is 26.0 Å². The molecule has 0 aliphatic rings. The maximum absolute atomic E-state index is 12.7. The fourth-order valence-electron chi connectivity index (χ4n) is 2.08. The molecule has 0 spiro atoms. The Morgan fingerprint density at radius 3 is 2.86 bits per heavy atom. The SMILES string of the molecule is N=C(c1ccnc2nc[nH]c12)N(O)c1cccc(C(F)F)c1. The van der Waals surface area contributed by atoms with E-state index in [1.165, 1.54) is 36.8 Å². The van der Waals surface area contributed by atoms with Crippen molar-refractivity contribution < 1.29 is 14.0 Å². The van der Waals surface area contributed by atoms with Gasteiger partial charge in [0.1, 0.15) is 0 Å². The highest BCUT2D eigenvalue weighted by Gasteiger charge is 2.17. The van der Waals surface area contributed by atoms with Crippen molar-refractivity contribution in [1.82, 2.24) is 15.0 Å². The minimum atomic E-state index is -2.65. The van der Waals surface area contributed by atoms with Gasteiger partial charge in [0.05, 0.1) is 17.5 Å². The van der Waals surface area contributed by atoms with Gasteiger partial charge in [-0.1, -0.05) is 12.1 Å². The number of aromatic amines is 1. The van der Waals surface area contributed by atoms with Crippen molar-refractivity contribution in [2.24, 2.45) is 0 Å².